The van der Waals surface area contributed by atoms with Crippen LogP contribution in [0.4, 0.5) is 5.82 Å². The lowest BCUT2D eigenvalue weighted by Crippen LogP contribution is -2.14. The molecule has 1 atom stereocenters. The minimum absolute atomic E-state index is 0.0811. The van der Waals surface area contributed by atoms with Crippen molar-refractivity contribution in [2.75, 3.05) is 17.2 Å². The molecule has 1 aliphatic heterocycles. The van der Waals surface area contributed by atoms with Crippen LogP contribution < -0.4 is 5.73 Å². The maximum Gasteiger partial charge on any atom is 0.152 e. The first-order valence-corrected chi connectivity index (χ1v) is 6.74. The molecule has 1 saturated heterocycles. The van der Waals surface area contributed by atoms with Gasteiger partial charge in [0.25, 0.3) is 0 Å². The molecular weight excluding hydrogens is 214 g/mol. The molecule has 5 nitrogen and oxygen atoms in total. The van der Waals surface area contributed by atoms with Crippen molar-refractivity contribution in [1.82, 2.24) is 9.78 Å². The van der Waals surface area contributed by atoms with Crippen LogP contribution in [0.3, 0.4) is 0 Å². The quantitative estimate of drug-likeness (QED) is 0.758. The highest BCUT2D eigenvalue weighted by atomic mass is 32.2. The van der Waals surface area contributed by atoms with Gasteiger partial charge >= 0.3 is 0 Å². The summed E-state index contributed by atoms with van der Waals surface area (Å²) in [6.07, 6.45) is 0.618. The second kappa shape index (κ2) is 3.23. The molecule has 0 amide bonds. The lowest BCUT2D eigenvalue weighted by atomic mass is 10.2. The van der Waals surface area contributed by atoms with E-state index in [1.807, 2.05) is 13.8 Å². The summed E-state index contributed by atoms with van der Waals surface area (Å²) in [7, 11) is -2.88. The van der Waals surface area contributed by atoms with Gasteiger partial charge in [-0.3, -0.25) is 0 Å². The first-order chi connectivity index (χ1) is 6.91. The summed E-state index contributed by atoms with van der Waals surface area (Å²) >= 11 is 0. The van der Waals surface area contributed by atoms with Crippen LogP contribution in [0, 0.1) is 13.8 Å². The SMILES string of the molecule is Cc1nn(C2CCS(=O)(=O)C2)c(N)c1C. The molecule has 0 saturated carbocycles. The predicted octanol–water partition coefficient (Wildman–Crippen LogP) is 0.442. The average Bonchev–Trinajstić information content (AvgIpc) is 2.62. The molecule has 15 heavy (non-hydrogen) atoms. The van der Waals surface area contributed by atoms with Crippen molar-refractivity contribution in [3.05, 3.63) is 11.3 Å². The molecule has 1 fully saturated rings. The minimum atomic E-state index is -2.88. The summed E-state index contributed by atoms with van der Waals surface area (Å²) < 4.78 is 24.3. The summed E-state index contributed by atoms with van der Waals surface area (Å²) in [4.78, 5) is 0. The van der Waals surface area contributed by atoms with Gasteiger partial charge in [-0.2, -0.15) is 5.10 Å². The van der Waals surface area contributed by atoms with Gasteiger partial charge in [0.1, 0.15) is 5.82 Å². The number of hydrogen-bond acceptors (Lipinski definition) is 4. The normalized spacial score (nSPS) is 24.5. The van der Waals surface area contributed by atoms with Crippen LogP contribution in [0.25, 0.3) is 0 Å². The topological polar surface area (TPSA) is 78.0 Å². The predicted molar refractivity (Wildman–Crippen MR) is 58.4 cm³/mol. The molecule has 2 N–H and O–H groups in total. The first-order valence-electron chi connectivity index (χ1n) is 4.92. The summed E-state index contributed by atoms with van der Waals surface area (Å²) in [5.74, 6) is 1.00. The highest BCUT2D eigenvalue weighted by Crippen LogP contribution is 2.27. The Balaban J connectivity index is 2.36. The zero-order valence-electron chi connectivity index (χ0n) is 8.90. The molecule has 1 aliphatic rings. The summed E-state index contributed by atoms with van der Waals surface area (Å²) in [6, 6.07) is -0.0811. The molecular formula is C9H15N3O2S. The lowest BCUT2D eigenvalue weighted by molar-refractivity contribution is 0.504. The van der Waals surface area contributed by atoms with Crippen molar-refractivity contribution in [2.45, 2.75) is 26.3 Å². The third-order valence-corrected chi connectivity index (χ3v) is 4.74. The van der Waals surface area contributed by atoms with Crippen LogP contribution in [0.1, 0.15) is 23.7 Å². The minimum Gasteiger partial charge on any atom is -0.384 e. The Morgan fingerprint density at radius 1 is 1.47 bits per heavy atom. The zero-order chi connectivity index (χ0) is 11.2. The smallest absolute Gasteiger partial charge is 0.152 e. The maximum absolute atomic E-state index is 11.3. The second-order valence-corrected chi connectivity index (χ2v) is 6.33. The number of aromatic nitrogens is 2. The van der Waals surface area contributed by atoms with Gasteiger partial charge in [-0.05, 0) is 20.3 Å². The molecule has 0 aromatic carbocycles. The van der Waals surface area contributed by atoms with E-state index in [4.69, 9.17) is 5.73 Å². The third-order valence-electron chi connectivity index (χ3n) is 2.99. The van der Waals surface area contributed by atoms with E-state index in [-0.39, 0.29) is 17.5 Å². The monoisotopic (exact) mass is 229 g/mol. The lowest BCUT2D eigenvalue weighted by Gasteiger charge is -2.10. The van der Waals surface area contributed by atoms with Crippen molar-refractivity contribution < 1.29 is 8.42 Å². The van der Waals surface area contributed by atoms with E-state index >= 15 is 0 Å². The van der Waals surface area contributed by atoms with Gasteiger partial charge in [0, 0.05) is 5.56 Å². The first kappa shape index (κ1) is 10.5. The van der Waals surface area contributed by atoms with Gasteiger partial charge in [-0.15, -0.1) is 0 Å². The third kappa shape index (κ3) is 1.73. The van der Waals surface area contributed by atoms with E-state index in [0.717, 1.165) is 11.3 Å². The number of aryl methyl sites for hydroxylation is 1. The van der Waals surface area contributed by atoms with Gasteiger partial charge in [0.15, 0.2) is 9.84 Å². The Morgan fingerprint density at radius 3 is 2.53 bits per heavy atom. The molecule has 0 bridgehead atoms. The van der Waals surface area contributed by atoms with Gasteiger partial charge in [-0.25, -0.2) is 13.1 Å². The van der Waals surface area contributed by atoms with E-state index in [2.05, 4.69) is 5.10 Å². The molecule has 2 heterocycles. The van der Waals surface area contributed by atoms with Crippen LogP contribution in [-0.4, -0.2) is 29.7 Å². The highest BCUT2D eigenvalue weighted by Gasteiger charge is 2.31. The Bertz CT molecular complexity index is 490. The molecule has 2 rings (SSSR count). The molecule has 1 aromatic heterocycles. The summed E-state index contributed by atoms with van der Waals surface area (Å²) in [5.41, 5.74) is 7.69. The molecule has 6 heteroatoms. The Kier molecular flexibility index (Phi) is 2.26. The van der Waals surface area contributed by atoms with Crippen molar-refractivity contribution in [1.29, 1.82) is 0 Å². The zero-order valence-corrected chi connectivity index (χ0v) is 9.71. The van der Waals surface area contributed by atoms with Gasteiger partial charge in [0.2, 0.25) is 0 Å². The molecule has 0 spiro atoms. The highest BCUT2D eigenvalue weighted by molar-refractivity contribution is 7.91. The number of hydrogen-bond donors (Lipinski definition) is 1. The number of rotatable bonds is 1. The fourth-order valence-electron chi connectivity index (χ4n) is 1.89. The van der Waals surface area contributed by atoms with Crippen LogP contribution in [0.2, 0.25) is 0 Å². The Labute approximate surface area is 89.2 Å². The van der Waals surface area contributed by atoms with E-state index in [1.165, 1.54) is 0 Å². The maximum atomic E-state index is 11.3. The second-order valence-electron chi connectivity index (χ2n) is 4.10. The molecule has 0 radical (unpaired) electrons. The Hall–Kier alpha value is -1.04. The summed E-state index contributed by atoms with van der Waals surface area (Å²) in [5, 5.41) is 4.28. The van der Waals surface area contributed by atoms with E-state index < -0.39 is 9.84 Å². The van der Waals surface area contributed by atoms with Gasteiger partial charge < -0.3 is 5.73 Å². The summed E-state index contributed by atoms with van der Waals surface area (Å²) in [6.45, 7) is 3.78. The average molecular weight is 229 g/mol. The molecule has 1 unspecified atom stereocenters. The van der Waals surface area contributed by atoms with Crippen LogP contribution in [0.5, 0.6) is 0 Å². The number of anilines is 1. The van der Waals surface area contributed by atoms with Crippen molar-refractivity contribution in [3.63, 3.8) is 0 Å². The van der Waals surface area contributed by atoms with Gasteiger partial charge in [-0.1, -0.05) is 0 Å². The van der Waals surface area contributed by atoms with Crippen molar-refractivity contribution in [3.8, 4) is 0 Å². The van der Waals surface area contributed by atoms with Crippen molar-refractivity contribution in [2.24, 2.45) is 0 Å². The van der Waals surface area contributed by atoms with E-state index in [9.17, 15) is 8.42 Å². The fraction of sp³-hybridized carbons (Fsp3) is 0.667. The van der Waals surface area contributed by atoms with Gasteiger partial charge in [0.05, 0.1) is 23.2 Å². The van der Waals surface area contributed by atoms with Crippen LogP contribution in [-0.2, 0) is 9.84 Å². The number of nitrogens with zero attached hydrogens (tertiary/aromatic N) is 2. The largest absolute Gasteiger partial charge is 0.384 e. The standard InChI is InChI=1S/C9H15N3O2S/c1-6-7(2)11-12(9(6)10)8-3-4-15(13,14)5-8/h8H,3-5,10H2,1-2H3. The van der Waals surface area contributed by atoms with E-state index in [1.54, 1.807) is 4.68 Å². The number of sulfone groups is 1. The van der Waals surface area contributed by atoms with E-state index in [0.29, 0.717) is 12.2 Å². The fourth-order valence-corrected chi connectivity index (χ4v) is 3.59. The molecule has 0 aliphatic carbocycles. The molecule has 1 aromatic rings. The molecule has 84 valence electrons. The number of nitrogen functional groups attached to an aromatic ring is 1. The van der Waals surface area contributed by atoms with Crippen LogP contribution in [0.15, 0.2) is 0 Å². The number of nitrogens with two attached hydrogens (primary N) is 1. The van der Waals surface area contributed by atoms with Crippen molar-refractivity contribution >= 4 is 15.7 Å². The Morgan fingerprint density at radius 2 is 2.13 bits per heavy atom. The van der Waals surface area contributed by atoms with Crippen LogP contribution >= 0.6 is 0 Å².